The first kappa shape index (κ1) is 18.7. The molecule has 3 rings (SSSR count). The normalized spacial score (nSPS) is 25.1. The highest BCUT2D eigenvalue weighted by molar-refractivity contribution is 5.98. The Bertz CT molecular complexity index is 698. The van der Waals surface area contributed by atoms with Crippen LogP contribution in [0.25, 0.3) is 0 Å². The van der Waals surface area contributed by atoms with Crippen molar-refractivity contribution in [2.24, 2.45) is 5.92 Å². The molecule has 26 heavy (non-hydrogen) atoms. The minimum atomic E-state index is -0.559. The first-order chi connectivity index (χ1) is 12.2. The monoisotopic (exact) mass is 363 g/mol. The lowest BCUT2D eigenvalue weighted by Gasteiger charge is -2.39. The molecule has 2 heterocycles. The predicted molar refractivity (Wildman–Crippen MR) is 94.9 cm³/mol. The molecule has 2 aliphatic rings. The topological polar surface area (TPSA) is 55.8 Å². The lowest BCUT2D eigenvalue weighted by atomic mass is 9.84. The summed E-state index contributed by atoms with van der Waals surface area (Å²) >= 11 is 0. The number of Topliss-reactive ketones (excluding diaryl/α,β-unsaturated/α-hetero) is 1. The molecule has 2 aliphatic heterocycles. The quantitative estimate of drug-likeness (QED) is 0.756. The van der Waals surface area contributed by atoms with Crippen LogP contribution in [0, 0.1) is 11.7 Å². The summed E-state index contributed by atoms with van der Waals surface area (Å²) in [6.07, 6.45) is 2.52. The molecule has 0 saturated carbocycles. The van der Waals surface area contributed by atoms with Gasteiger partial charge in [0, 0.05) is 24.1 Å². The molecule has 0 radical (unpaired) electrons. The first-order valence-corrected chi connectivity index (χ1v) is 9.08. The number of piperidine rings is 1. The maximum Gasteiger partial charge on any atom is 0.410 e. The van der Waals surface area contributed by atoms with Gasteiger partial charge in [-0.2, -0.15) is 0 Å². The van der Waals surface area contributed by atoms with Crippen LogP contribution in [0.5, 0.6) is 5.75 Å². The second-order valence-corrected chi connectivity index (χ2v) is 8.15. The molecule has 2 saturated heterocycles. The third-order valence-corrected chi connectivity index (χ3v) is 5.15. The predicted octanol–water partition coefficient (Wildman–Crippen LogP) is 4.20. The van der Waals surface area contributed by atoms with Crippen LogP contribution in [0.3, 0.4) is 0 Å². The SMILES string of the molecule is COc1ccc(C(=O)C2CC3CCC(C2)N3C(=O)OC(C)(C)C)c(F)c1. The molecule has 2 fully saturated rings. The van der Waals surface area contributed by atoms with Crippen LogP contribution in [0.2, 0.25) is 0 Å². The summed E-state index contributed by atoms with van der Waals surface area (Å²) in [4.78, 5) is 27.1. The fourth-order valence-corrected chi connectivity index (χ4v) is 4.05. The fourth-order valence-electron chi connectivity index (χ4n) is 4.05. The Morgan fingerprint density at radius 3 is 2.27 bits per heavy atom. The number of amides is 1. The Labute approximate surface area is 153 Å². The molecule has 6 heteroatoms. The maximum atomic E-state index is 14.3. The van der Waals surface area contributed by atoms with Gasteiger partial charge >= 0.3 is 6.09 Å². The molecular weight excluding hydrogens is 337 g/mol. The molecule has 1 amide bonds. The summed E-state index contributed by atoms with van der Waals surface area (Å²) < 4.78 is 24.8. The number of carbonyl (C=O) groups excluding carboxylic acids is 2. The van der Waals surface area contributed by atoms with Gasteiger partial charge in [-0.05, 0) is 58.6 Å². The fraction of sp³-hybridized carbons (Fsp3) is 0.600. The van der Waals surface area contributed by atoms with E-state index in [2.05, 4.69) is 0 Å². The van der Waals surface area contributed by atoms with Crippen molar-refractivity contribution in [3.05, 3.63) is 29.6 Å². The van der Waals surface area contributed by atoms with E-state index in [1.54, 1.807) is 11.0 Å². The second kappa shape index (κ2) is 6.89. The van der Waals surface area contributed by atoms with Gasteiger partial charge in [-0.15, -0.1) is 0 Å². The van der Waals surface area contributed by atoms with E-state index >= 15 is 0 Å². The summed E-state index contributed by atoms with van der Waals surface area (Å²) in [7, 11) is 1.46. The van der Waals surface area contributed by atoms with Gasteiger partial charge in [0.25, 0.3) is 0 Å². The molecule has 142 valence electrons. The number of nitrogens with zero attached hydrogens (tertiary/aromatic N) is 1. The Hall–Kier alpha value is -2.11. The molecule has 0 spiro atoms. The van der Waals surface area contributed by atoms with Gasteiger partial charge in [0.15, 0.2) is 5.78 Å². The summed E-state index contributed by atoms with van der Waals surface area (Å²) in [5.41, 5.74) is -0.448. The van der Waals surface area contributed by atoms with Crippen molar-refractivity contribution in [2.75, 3.05) is 7.11 Å². The highest BCUT2D eigenvalue weighted by atomic mass is 19.1. The zero-order valence-corrected chi connectivity index (χ0v) is 15.8. The number of halogens is 1. The molecule has 5 nitrogen and oxygen atoms in total. The number of rotatable bonds is 3. The molecule has 2 atom stereocenters. The van der Waals surface area contributed by atoms with E-state index in [9.17, 15) is 14.0 Å². The van der Waals surface area contributed by atoms with E-state index in [0.29, 0.717) is 18.6 Å². The van der Waals surface area contributed by atoms with Crippen molar-refractivity contribution in [2.45, 2.75) is 64.1 Å². The van der Waals surface area contributed by atoms with Gasteiger partial charge in [0.05, 0.1) is 12.7 Å². The van der Waals surface area contributed by atoms with Crippen LogP contribution in [-0.2, 0) is 4.74 Å². The van der Waals surface area contributed by atoms with E-state index in [1.807, 2.05) is 20.8 Å². The van der Waals surface area contributed by atoms with Crippen molar-refractivity contribution < 1.29 is 23.5 Å². The Morgan fingerprint density at radius 2 is 1.77 bits per heavy atom. The number of fused-ring (bicyclic) bond motifs is 2. The number of methoxy groups -OCH3 is 1. The third kappa shape index (κ3) is 3.69. The van der Waals surface area contributed by atoms with Gasteiger partial charge in [0.2, 0.25) is 0 Å². The number of hydrogen-bond acceptors (Lipinski definition) is 4. The molecule has 0 N–H and O–H groups in total. The zero-order chi connectivity index (χ0) is 19.1. The summed E-state index contributed by atoms with van der Waals surface area (Å²) in [6.45, 7) is 5.53. The van der Waals surface area contributed by atoms with Gasteiger partial charge in [0.1, 0.15) is 17.2 Å². The minimum Gasteiger partial charge on any atom is -0.497 e. The highest BCUT2D eigenvalue weighted by Crippen LogP contribution is 2.41. The number of carbonyl (C=O) groups is 2. The van der Waals surface area contributed by atoms with Crippen LogP contribution in [0.15, 0.2) is 18.2 Å². The number of hydrogen-bond donors (Lipinski definition) is 0. The highest BCUT2D eigenvalue weighted by Gasteiger charge is 2.46. The van der Waals surface area contributed by atoms with E-state index in [1.165, 1.54) is 19.2 Å². The van der Waals surface area contributed by atoms with Gasteiger partial charge in [-0.25, -0.2) is 9.18 Å². The molecule has 0 aliphatic carbocycles. The largest absolute Gasteiger partial charge is 0.497 e. The van der Waals surface area contributed by atoms with Crippen LogP contribution < -0.4 is 4.74 Å². The molecule has 2 unspecified atom stereocenters. The van der Waals surface area contributed by atoms with Crippen LogP contribution in [0.4, 0.5) is 9.18 Å². The average molecular weight is 363 g/mol. The molecule has 2 bridgehead atoms. The number of benzene rings is 1. The second-order valence-electron chi connectivity index (χ2n) is 8.15. The molecule has 1 aromatic carbocycles. The molecular formula is C20H26FNO4. The minimum absolute atomic E-state index is 0.0149. The lowest BCUT2D eigenvalue weighted by Crippen LogP contribution is -2.49. The first-order valence-electron chi connectivity index (χ1n) is 9.08. The van der Waals surface area contributed by atoms with Crippen molar-refractivity contribution in [3.63, 3.8) is 0 Å². The standard InChI is InChI=1S/C20H26FNO4/c1-20(2,3)26-19(24)22-13-5-6-14(22)10-12(9-13)18(23)16-8-7-15(25-4)11-17(16)21/h7-8,11-14H,5-6,9-10H2,1-4H3. The van der Waals surface area contributed by atoms with E-state index in [0.717, 1.165) is 12.8 Å². The van der Waals surface area contributed by atoms with Crippen LogP contribution >= 0.6 is 0 Å². The number of ether oxygens (including phenoxy) is 2. The summed E-state index contributed by atoms with van der Waals surface area (Å²) in [5.74, 6) is -0.630. The Balaban J connectivity index is 1.72. The number of ketones is 1. The van der Waals surface area contributed by atoms with Crippen LogP contribution in [-0.4, -0.2) is 41.6 Å². The van der Waals surface area contributed by atoms with E-state index < -0.39 is 11.4 Å². The van der Waals surface area contributed by atoms with E-state index in [-0.39, 0.29) is 35.4 Å². The lowest BCUT2D eigenvalue weighted by molar-refractivity contribution is 0.00250. The average Bonchev–Trinajstić information content (AvgIpc) is 2.83. The Morgan fingerprint density at radius 1 is 1.15 bits per heavy atom. The van der Waals surface area contributed by atoms with Crippen molar-refractivity contribution in [1.82, 2.24) is 4.90 Å². The van der Waals surface area contributed by atoms with Crippen molar-refractivity contribution in [1.29, 1.82) is 0 Å². The zero-order valence-electron chi connectivity index (χ0n) is 15.8. The summed E-state index contributed by atoms with van der Waals surface area (Å²) in [6, 6.07) is 4.29. The van der Waals surface area contributed by atoms with Gasteiger partial charge in [-0.1, -0.05) is 0 Å². The van der Waals surface area contributed by atoms with Crippen molar-refractivity contribution >= 4 is 11.9 Å². The molecule has 1 aromatic rings. The van der Waals surface area contributed by atoms with Gasteiger partial charge in [-0.3, -0.25) is 4.79 Å². The smallest absolute Gasteiger partial charge is 0.410 e. The summed E-state index contributed by atoms with van der Waals surface area (Å²) in [5, 5.41) is 0. The third-order valence-electron chi connectivity index (χ3n) is 5.15. The van der Waals surface area contributed by atoms with Gasteiger partial charge < -0.3 is 14.4 Å². The maximum absolute atomic E-state index is 14.3. The van der Waals surface area contributed by atoms with Crippen molar-refractivity contribution in [3.8, 4) is 5.75 Å². The van der Waals surface area contributed by atoms with E-state index in [4.69, 9.17) is 9.47 Å². The molecule has 0 aromatic heterocycles. The Kier molecular flexibility index (Phi) is 4.95. The van der Waals surface area contributed by atoms with Crippen LogP contribution in [0.1, 0.15) is 56.8 Å².